The second kappa shape index (κ2) is 8.47. The van der Waals surface area contributed by atoms with E-state index in [4.69, 9.17) is 4.74 Å². The van der Waals surface area contributed by atoms with Crippen LogP contribution in [0, 0.1) is 6.92 Å². The lowest BCUT2D eigenvalue weighted by Gasteiger charge is -2.05. The van der Waals surface area contributed by atoms with E-state index < -0.39 is 5.97 Å². The Bertz CT molecular complexity index is 694. The number of nitrogens with zero attached hydrogens (tertiary/aromatic N) is 1. The minimum atomic E-state index is -0.401. The van der Waals surface area contributed by atoms with Crippen LogP contribution in [0.25, 0.3) is 0 Å². The molecule has 8 heteroatoms. The SMILES string of the molecule is CCOC(=O)c1cc(CC)sc1NC(=O)CSc1nc(C)cs1. The first kappa shape index (κ1) is 18.0. The molecule has 124 valence electrons. The maximum Gasteiger partial charge on any atom is 0.341 e. The van der Waals surface area contributed by atoms with Crippen molar-refractivity contribution in [3.63, 3.8) is 0 Å². The molecule has 0 aromatic carbocycles. The maximum atomic E-state index is 12.1. The quantitative estimate of drug-likeness (QED) is 0.590. The number of thiazole rings is 1. The second-order valence-electron chi connectivity index (χ2n) is 4.62. The molecule has 2 aromatic heterocycles. The van der Waals surface area contributed by atoms with Crippen LogP contribution in [0.5, 0.6) is 0 Å². The van der Waals surface area contributed by atoms with E-state index in [2.05, 4.69) is 10.3 Å². The zero-order valence-electron chi connectivity index (χ0n) is 13.2. The number of hydrogen-bond acceptors (Lipinski definition) is 7. The van der Waals surface area contributed by atoms with E-state index in [1.165, 1.54) is 34.4 Å². The standard InChI is InChI=1S/C15H18N2O3S3/c1-4-10-6-11(14(19)20-5-2)13(23-10)17-12(18)8-22-15-16-9(3)7-21-15/h6-7H,4-5,8H2,1-3H3,(H,17,18). The average molecular weight is 371 g/mol. The number of amides is 1. The average Bonchev–Trinajstić information content (AvgIpc) is 3.11. The third-order valence-electron chi connectivity index (χ3n) is 2.80. The number of hydrogen-bond donors (Lipinski definition) is 1. The molecule has 1 N–H and O–H groups in total. The molecule has 0 aliphatic heterocycles. The van der Waals surface area contributed by atoms with Gasteiger partial charge in [-0.1, -0.05) is 18.7 Å². The molecular formula is C15H18N2O3S3. The summed E-state index contributed by atoms with van der Waals surface area (Å²) in [4.78, 5) is 29.4. The first-order chi connectivity index (χ1) is 11.0. The summed E-state index contributed by atoms with van der Waals surface area (Å²) in [5.41, 5.74) is 1.38. The number of ether oxygens (including phenoxy) is 1. The van der Waals surface area contributed by atoms with E-state index in [0.29, 0.717) is 17.2 Å². The molecule has 2 aromatic rings. The Morgan fingerprint density at radius 3 is 2.78 bits per heavy atom. The Kier molecular flexibility index (Phi) is 6.61. The molecule has 0 atom stereocenters. The van der Waals surface area contributed by atoms with Crippen molar-refractivity contribution in [3.05, 3.63) is 27.6 Å². The highest BCUT2D eigenvalue weighted by molar-refractivity contribution is 8.01. The molecule has 0 unspecified atom stereocenters. The number of thiophene rings is 1. The Morgan fingerprint density at radius 2 is 2.17 bits per heavy atom. The van der Waals surface area contributed by atoms with Crippen molar-refractivity contribution in [2.45, 2.75) is 31.5 Å². The van der Waals surface area contributed by atoms with E-state index in [9.17, 15) is 9.59 Å². The van der Waals surface area contributed by atoms with Crippen molar-refractivity contribution in [3.8, 4) is 0 Å². The predicted octanol–water partition coefficient (Wildman–Crippen LogP) is 3.98. The smallest absolute Gasteiger partial charge is 0.341 e. The summed E-state index contributed by atoms with van der Waals surface area (Å²) in [5, 5.41) is 5.32. The number of nitrogens with one attached hydrogen (secondary N) is 1. The molecule has 2 rings (SSSR count). The van der Waals surface area contributed by atoms with Gasteiger partial charge in [-0.2, -0.15) is 0 Å². The largest absolute Gasteiger partial charge is 0.462 e. The summed E-state index contributed by atoms with van der Waals surface area (Å²) in [5.74, 6) is -0.297. The fourth-order valence-corrected chi connectivity index (χ4v) is 4.41. The van der Waals surface area contributed by atoms with Crippen molar-refractivity contribution in [1.82, 2.24) is 4.98 Å². The first-order valence-corrected chi connectivity index (χ1v) is 9.86. The van der Waals surface area contributed by atoms with Gasteiger partial charge in [-0.25, -0.2) is 9.78 Å². The highest BCUT2D eigenvalue weighted by Gasteiger charge is 2.18. The van der Waals surface area contributed by atoms with Gasteiger partial charge in [-0.3, -0.25) is 4.79 Å². The van der Waals surface area contributed by atoms with Gasteiger partial charge in [0.1, 0.15) is 5.00 Å². The topological polar surface area (TPSA) is 68.3 Å². The van der Waals surface area contributed by atoms with Crippen LogP contribution in [0.1, 0.15) is 34.8 Å². The number of carbonyl (C=O) groups excluding carboxylic acids is 2. The Balaban J connectivity index is 2.01. The molecule has 0 saturated heterocycles. The van der Waals surface area contributed by atoms with E-state index in [-0.39, 0.29) is 11.7 Å². The van der Waals surface area contributed by atoms with Crippen LogP contribution in [0.2, 0.25) is 0 Å². The third kappa shape index (κ3) is 5.05. The Labute approximate surface area is 147 Å². The summed E-state index contributed by atoms with van der Waals surface area (Å²) in [6.07, 6.45) is 0.806. The minimum absolute atomic E-state index is 0.155. The van der Waals surface area contributed by atoms with Crippen LogP contribution in [-0.2, 0) is 16.0 Å². The monoisotopic (exact) mass is 370 g/mol. The number of esters is 1. The van der Waals surface area contributed by atoms with Gasteiger partial charge in [-0.15, -0.1) is 22.7 Å². The van der Waals surface area contributed by atoms with E-state index in [1.54, 1.807) is 13.0 Å². The number of anilines is 1. The molecule has 1 amide bonds. The lowest BCUT2D eigenvalue weighted by Crippen LogP contribution is -2.15. The van der Waals surface area contributed by atoms with Crippen molar-refractivity contribution >= 4 is 51.3 Å². The number of aryl methyl sites for hydroxylation is 2. The highest BCUT2D eigenvalue weighted by atomic mass is 32.2. The maximum absolute atomic E-state index is 12.1. The Morgan fingerprint density at radius 1 is 1.39 bits per heavy atom. The van der Waals surface area contributed by atoms with E-state index in [0.717, 1.165) is 21.3 Å². The molecule has 0 aliphatic carbocycles. The molecule has 0 saturated carbocycles. The summed E-state index contributed by atoms with van der Waals surface area (Å²) in [6, 6.07) is 1.79. The van der Waals surface area contributed by atoms with Crippen LogP contribution < -0.4 is 5.32 Å². The lowest BCUT2D eigenvalue weighted by molar-refractivity contribution is -0.113. The van der Waals surface area contributed by atoms with Crippen LogP contribution >= 0.6 is 34.4 Å². The van der Waals surface area contributed by atoms with Gasteiger partial charge < -0.3 is 10.1 Å². The third-order valence-corrected chi connectivity index (χ3v) is 6.14. The molecular weight excluding hydrogens is 352 g/mol. The number of rotatable bonds is 7. The molecule has 0 aliphatic rings. The zero-order chi connectivity index (χ0) is 16.8. The zero-order valence-corrected chi connectivity index (χ0v) is 15.6. The molecule has 0 fully saturated rings. The van der Waals surface area contributed by atoms with Gasteiger partial charge in [0.05, 0.1) is 17.9 Å². The minimum Gasteiger partial charge on any atom is -0.462 e. The van der Waals surface area contributed by atoms with Crippen LogP contribution in [0.3, 0.4) is 0 Å². The van der Waals surface area contributed by atoms with Crippen LogP contribution in [0.15, 0.2) is 15.8 Å². The normalized spacial score (nSPS) is 10.6. The van der Waals surface area contributed by atoms with Gasteiger partial charge in [-0.05, 0) is 26.3 Å². The lowest BCUT2D eigenvalue weighted by atomic mass is 10.2. The summed E-state index contributed by atoms with van der Waals surface area (Å²) < 4.78 is 5.91. The Hall–Kier alpha value is -1.38. The van der Waals surface area contributed by atoms with Gasteiger partial charge in [0.2, 0.25) is 5.91 Å². The van der Waals surface area contributed by atoms with Gasteiger partial charge in [0.25, 0.3) is 0 Å². The van der Waals surface area contributed by atoms with Gasteiger partial charge in [0, 0.05) is 16.0 Å². The molecule has 0 radical (unpaired) electrons. The van der Waals surface area contributed by atoms with Crippen molar-refractivity contribution in [2.75, 3.05) is 17.7 Å². The van der Waals surface area contributed by atoms with Crippen molar-refractivity contribution in [1.29, 1.82) is 0 Å². The summed E-state index contributed by atoms with van der Waals surface area (Å²) in [6.45, 7) is 6.00. The fraction of sp³-hybridized carbons (Fsp3) is 0.400. The van der Waals surface area contributed by atoms with Crippen LogP contribution in [-0.4, -0.2) is 29.2 Å². The fourth-order valence-electron chi connectivity index (χ4n) is 1.76. The summed E-state index contributed by atoms with van der Waals surface area (Å²) >= 11 is 4.32. The molecule has 2 heterocycles. The van der Waals surface area contributed by atoms with E-state index >= 15 is 0 Å². The van der Waals surface area contributed by atoms with Crippen LogP contribution in [0.4, 0.5) is 5.00 Å². The number of aromatic nitrogens is 1. The molecule has 5 nitrogen and oxygen atoms in total. The molecule has 23 heavy (non-hydrogen) atoms. The predicted molar refractivity (Wildman–Crippen MR) is 95.9 cm³/mol. The molecule has 0 spiro atoms. The highest BCUT2D eigenvalue weighted by Crippen LogP contribution is 2.30. The van der Waals surface area contributed by atoms with Gasteiger partial charge >= 0.3 is 5.97 Å². The molecule has 0 bridgehead atoms. The number of thioether (sulfide) groups is 1. The first-order valence-electron chi connectivity index (χ1n) is 7.18. The van der Waals surface area contributed by atoms with Gasteiger partial charge in [0.15, 0.2) is 4.34 Å². The number of carbonyl (C=O) groups is 2. The second-order valence-corrected chi connectivity index (χ2v) is 7.84. The van der Waals surface area contributed by atoms with Crippen molar-refractivity contribution < 1.29 is 14.3 Å². The van der Waals surface area contributed by atoms with Crippen molar-refractivity contribution in [2.24, 2.45) is 0 Å². The summed E-state index contributed by atoms with van der Waals surface area (Å²) in [7, 11) is 0. The van der Waals surface area contributed by atoms with E-state index in [1.807, 2.05) is 19.2 Å².